The summed E-state index contributed by atoms with van der Waals surface area (Å²) in [6.07, 6.45) is 3.53. The predicted molar refractivity (Wildman–Crippen MR) is 117 cm³/mol. The van der Waals surface area contributed by atoms with E-state index in [1.165, 1.54) is 22.0 Å². The Bertz CT molecular complexity index is 881. The fourth-order valence-corrected chi connectivity index (χ4v) is 3.83. The summed E-state index contributed by atoms with van der Waals surface area (Å²) in [6, 6.07) is 6.40. The number of ether oxygens (including phenoxy) is 1. The van der Waals surface area contributed by atoms with Crippen LogP contribution < -0.4 is 10.6 Å². The molecule has 158 valence electrons. The van der Waals surface area contributed by atoms with E-state index in [0.717, 1.165) is 38.4 Å². The van der Waals surface area contributed by atoms with Crippen LogP contribution in [0.5, 0.6) is 0 Å². The van der Waals surface area contributed by atoms with Crippen molar-refractivity contribution >= 4 is 23.0 Å². The lowest BCUT2D eigenvalue weighted by Gasteiger charge is -2.23. The maximum atomic E-state index is 12.0. The Morgan fingerprint density at radius 3 is 2.90 bits per heavy atom. The number of carbonyl (C=O) groups is 1. The molecule has 2 heterocycles. The molecule has 1 unspecified atom stereocenters. The molecule has 3 N–H and O–H groups in total. The smallest absolute Gasteiger partial charge is 0.407 e. The molecule has 2 aromatic rings. The van der Waals surface area contributed by atoms with E-state index in [4.69, 9.17) is 4.74 Å². The lowest BCUT2D eigenvalue weighted by Crippen LogP contribution is -2.44. The van der Waals surface area contributed by atoms with Crippen LogP contribution in [-0.2, 0) is 11.2 Å². The molecular weight excluding hydrogens is 366 g/mol. The van der Waals surface area contributed by atoms with Crippen LogP contribution in [0.4, 0.5) is 4.79 Å². The van der Waals surface area contributed by atoms with Crippen LogP contribution in [0.2, 0.25) is 0 Å². The molecule has 1 aliphatic rings. The van der Waals surface area contributed by atoms with Crippen molar-refractivity contribution in [3.8, 4) is 0 Å². The second-order valence-electron chi connectivity index (χ2n) is 8.61. The molecule has 1 fully saturated rings. The highest BCUT2D eigenvalue weighted by atomic mass is 16.6. The van der Waals surface area contributed by atoms with Gasteiger partial charge in [0.05, 0.1) is 6.04 Å². The topological polar surface area (TPSA) is 81.8 Å². The number of H-pyrrole nitrogens is 1. The zero-order chi connectivity index (χ0) is 21.0. The fraction of sp³-hybridized carbons (Fsp3) is 0.545. The molecule has 1 aliphatic heterocycles. The zero-order valence-electron chi connectivity index (χ0n) is 18.1. The van der Waals surface area contributed by atoms with Gasteiger partial charge in [0.1, 0.15) is 5.60 Å². The molecule has 1 atom stereocenters. The molecule has 0 saturated carbocycles. The van der Waals surface area contributed by atoms with E-state index in [-0.39, 0.29) is 12.1 Å². The van der Waals surface area contributed by atoms with Gasteiger partial charge < -0.3 is 25.3 Å². The summed E-state index contributed by atoms with van der Waals surface area (Å²) in [7, 11) is 1.80. The minimum absolute atomic E-state index is 0.0691. The van der Waals surface area contributed by atoms with E-state index in [0.29, 0.717) is 0 Å². The van der Waals surface area contributed by atoms with Gasteiger partial charge in [-0.15, -0.1) is 0 Å². The normalized spacial score (nSPS) is 17.6. The van der Waals surface area contributed by atoms with E-state index in [2.05, 4.69) is 56.8 Å². The quantitative estimate of drug-likeness (QED) is 0.545. The first-order valence-electron chi connectivity index (χ1n) is 10.3. The second-order valence-corrected chi connectivity index (χ2v) is 8.61. The molecule has 1 aromatic heterocycles. The van der Waals surface area contributed by atoms with Crippen molar-refractivity contribution in [2.45, 2.75) is 52.2 Å². The van der Waals surface area contributed by atoms with E-state index in [1.54, 1.807) is 7.05 Å². The van der Waals surface area contributed by atoms with Gasteiger partial charge in [-0.2, -0.15) is 0 Å². The molecule has 7 heteroatoms. The van der Waals surface area contributed by atoms with Crippen molar-refractivity contribution < 1.29 is 9.53 Å². The monoisotopic (exact) mass is 399 g/mol. The van der Waals surface area contributed by atoms with Crippen molar-refractivity contribution in [2.24, 2.45) is 4.99 Å². The number of benzene rings is 1. The number of likely N-dealkylation sites (tertiary alicyclic amines) is 1. The Hall–Kier alpha value is -2.70. The SMILES string of the molecule is CN=C(NCCc1c[nH]c2cccc(C)c12)N1CCC(NC(=O)OC(C)(C)C)C1. The predicted octanol–water partition coefficient (Wildman–Crippen LogP) is 3.19. The number of aromatic amines is 1. The number of nitrogens with zero attached hydrogens (tertiary/aromatic N) is 2. The van der Waals surface area contributed by atoms with Gasteiger partial charge in [0, 0.05) is 43.8 Å². The minimum Gasteiger partial charge on any atom is -0.444 e. The van der Waals surface area contributed by atoms with Gasteiger partial charge >= 0.3 is 6.09 Å². The Kier molecular flexibility index (Phi) is 6.35. The molecule has 1 amide bonds. The van der Waals surface area contributed by atoms with Crippen LogP contribution in [0.25, 0.3) is 10.9 Å². The van der Waals surface area contributed by atoms with Crippen LogP contribution in [0, 0.1) is 6.92 Å². The number of carbonyl (C=O) groups excluding carboxylic acids is 1. The number of guanidine groups is 1. The van der Waals surface area contributed by atoms with Crippen LogP contribution >= 0.6 is 0 Å². The number of rotatable bonds is 4. The van der Waals surface area contributed by atoms with Crippen molar-refractivity contribution in [1.29, 1.82) is 0 Å². The van der Waals surface area contributed by atoms with E-state index in [9.17, 15) is 4.79 Å². The Balaban J connectivity index is 1.50. The highest BCUT2D eigenvalue weighted by Crippen LogP contribution is 2.22. The van der Waals surface area contributed by atoms with Crippen LogP contribution in [-0.4, -0.2) is 60.3 Å². The highest BCUT2D eigenvalue weighted by Gasteiger charge is 2.27. The summed E-state index contributed by atoms with van der Waals surface area (Å²) in [5.41, 5.74) is 3.30. The number of aromatic nitrogens is 1. The largest absolute Gasteiger partial charge is 0.444 e. The van der Waals surface area contributed by atoms with Gasteiger partial charge in [0.15, 0.2) is 5.96 Å². The number of fused-ring (bicyclic) bond motifs is 1. The first-order valence-corrected chi connectivity index (χ1v) is 10.3. The standard InChI is InChI=1S/C22H33N5O2/c1-15-7-6-8-18-19(15)16(13-25-18)9-11-24-20(23-5)27-12-10-17(14-27)26-21(28)29-22(2,3)4/h6-8,13,17,25H,9-12,14H2,1-5H3,(H,23,24)(H,26,28). The number of aliphatic imine (C=N–C) groups is 1. The van der Waals surface area contributed by atoms with Crippen molar-refractivity contribution in [1.82, 2.24) is 20.5 Å². The number of nitrogens with one attached hydrogen (secondary N) is 3. The van der Waals surface area contributed by atoms with Gasteiger partial charge in [0.2, 0.25) is 0 Å². The molecule has 0 aliphatic carbocycles. The third kappa shape index (κ3) is 5.43. The first kappa shape index (κ1) is 21.0. The third-order valence-corrected chi connectivity index (χ3v) is 5.09. The van der Waals surface area contributed by atoms with Gasteiger partial charge in [-0.1, -0.05) is 12.1 Å². The molecule has 7 nitrogen and oxygen atoms in total. The Morgan fingerprint density at radius 2 is 2.17 bits per heavy atom. The zero-order valence-corrected chi connectivity index (χ0v) is 18.1. The average Bonchev–Trinajstić information content (AvgIpc) is 3.25. The summed E-state index contributed by atoms with van der Waals surface area (Å²) in [6.45, 7) is 10.1. The minimum atomic E-state index is -0.485. The molecule has 0 radical (unpaired) electrons. The summed E-state index contributed by atoms with van der Waals surface area (Å²) < 4.78 is 5.36. The lowest BCUT2D eigenvalue weighted by molar-refractivity contribution is 0.0507. The summed E-state index contributed by atoms with van der Waals surface area (Å²) in [4.78, 5) is 22.0. The van der Waals surface area contributed by atoms with Crippen molar-refractivity contribution in [3.05, 3.63) is 35.5 Å². The van der Waals surface area contributed by atoms with Crippen LogP contribution in [0.15, 0.2) is 29.4 Å². The molecule has 1 aromatic carbocycles. The first-order chi connectivity index (χ1) is 13.8. The number of aryl methyl sites for hydroxylation is 1. The third-order valence-electron chi connectivity index (χ3n) is 5.09. The molecule has 0 bridgehead atoms. The molecular formula is C22H33N5O2. The van der Waals surface area contributed by atoms with Gasteiger partial charge in [-0.25, -0.2) is 4.79 Å². The summed E-state index contributed by atoms with van der Waals surface area (Å²) in [5.74, 6) is 0.870. The van der Waals surface area contributed by atoms with Crippen molar-refractivity contribution in [3.63, 3.8) is 0 Å². The fourth-order valence-electron chi connectivity index (χ4n) is 3.83. The lowest BCUT2D eigenvalue weighted by atomic mass is 10.1. The number of alkyl carbamates (subject to hydrolysis) is 1. The molecule has 1 saturated heterocycles. The Morgan fingerprint density at radius 1 is 1.38 bits per heavy atom. The van der Waals surface area contributed by atoms with Gasteiger partial charge in [0.25, 0.3) is 0 Å². The van der Waals surface area contributed by atoms with Crippen LogP contribution in [0.3, 0.4) is 0 Å². The van der Waals surface area contributed by atoms with E-state index < -0.39 is 5.60 Å². The maximum absolute atomic E-state index is 12.0. The highest BCUT2D eigenvalue weighted by molar-refractivity contribution is 5.86. The van der Waals surface area contributed by atoms with Crippen LogP contribution in [0.1, 0.15) is 38.3 Å². The molecule has 29 heavy (non-hydrogen) atoms. The number of hydrogen-bond acceptors (Lipinski definition) is 3. The number of amides is 1. The van der Waals surface area contributed by atoms with Gasteiger partial charge in [-0.05, 0) is 57.7 Å². The Labute approximate surface area is 172 Å². The molecule has 3 rings (SSSR count). The second kappa shape index (κ2) is 8.76. The molecule has 0 spiro atoms. The van der Waals surface area contributed by atoms with Crippen molar-refractivity contribution in [2.75, 3.05) is 26.7 Å². The average molecular weight is 400 g/mol. The van der Waals surface area contributed by atoms with E-state index >= 15 is 0 Å². The van der Waals surface area contributed by atoms with E-state index in [1.807, 2.05) is 20.8 Å². The maximum Gasteiger partial charge on any atom is 0.407 e. The number of hydrogen-bond donors (Lipinski definition) is 3. The van der Waals surface area contributed by atoms with Gasteiger partial charge in [-0.3, -0.25) is 4.99 Å². The summed E-state index contributed by atoms with van der Waals surface area (Å²) in [5, 5.41) is 7.74. The summed E-state index contributed by atoms with van der Waals surface area (Å²) >= 11 is 0.